The van der Waals surface area contributed by atoms with Crippen molar-refractivity contribution >= 4 is 19.4 Å². The summed E-state index contributed by atoms with van der Waals surface area (Å²) >= 11 is 5.97. The van der Waals surface area contributed by atoms with Crippen molar-refractivity contribution in [1.29, 1.82) is 0 Å². The largest absolute Gasteiger partial charge is 0.475 e. The Hall–Kier alpha value is -1.03. The SMILES string of the molecule is Cc1cn([C@@H]2O[C@@H]3CO[P@](=O)(OC(C)C)O[C@H]3[C@@]2(F)Cl)c(=O)[nH]c1=O. The summed E-state index contributed by atoms with van der Waals surface area (Å²) in [6, 6.07) is 0. The smallest absolute Gasteiger partial charge is 0.344 e. The summed E-state index contributed by atoms with van der Waals surface area (Å²) in [6.45, 7) is 4.37. The molecular weight excluding hydrogens is 382 g/mol. The molecule has 0 radical (unpaired) electrons. The van der Waals surface area contributed by atoms with Gasteiger partial charge in [-0.05, 0) is 20.8 Å². The molecule has 0 bridgehead atoms. The molecule has 25 heavy (non-hydrogen) atoms. The van der Waals surface area contributed by atoms with Gasteiger partial charge in [-0.1, -0.05) is 11.6 Å². The van der Waals surface area contributed by atoms with E-state index in [1.165, 1.54) is 6.92 Å². The normalized spacial score (nSPS) is 38.1. The lowest BCUT2D eigenvalue weighted by Gasteiger charge is -2.33. The van der Waals surface area contributed by atoms with Crippen molar-refractivity contribution < 1.29 is 27.3 Å². The lowest BCUT2D eigenvalue weighted by molar-refractivity contribution is -0.0749. The summed E-state index contributed by atoms with van der Waals surface area (Å²) in [4.78, 5) is 25.5. The molecule has 1 aromatic rings. The van der Waals surface area contributed by atoms with E-state index in [9.17, 15) is 14.2 Å². The van der Waals surface area contributed by atoms with Crippen LogP contribution < -0.4 is 11.2 Å². The third-order valence-electron chi connectivity index (χ3n) is 3.73. The van der Waals surface area contributed by atoms with Crippen LogP contribution in [0.4, 0.5) is 4.39 Å². The number of fused-ring (bicyclic) bond motifs is 1. The van der Waals surface area contributed by atoms with Gasteiger partial charge >= 0.3 is 13.5 Å². The van der Waals surface area contributed by atoms with Crippen LogP contribution in [0.3, 0.4) is 0 Å². The molecule has 3 heterocycles. The number of aryl methyl sites for hydroxylation is 1. The molecule has 2 saturated heterocycles. The van der Waals surface area contributed by atoms with Gasteiger partial charge in [0.25, 0.3) is 10.7 Å². The van der Waals surface area contributed by atoms with E-state index in [-0.39, 0.29) is 12.2 Å². The zero-order chi connectivity index (χ0) is 18.6. The number of nitrogens with zero attached hydrogens (tertiary/aromatic N) is 1. The van der Waals surface area contributed by atoms with Crippen LogP contribution in [0.15, 0.2) is 15.8 Å². The van der Waals surface area contributed by atoms with Crippen LogP contribution in [0.2, 0.25) is 0 Å². The summed E-state index contributed by atoms with van der Waals surface area (Å²) in [6.07, 6.45) is -3.47. The Bertz CT molecular complexity index is 838. The lowest BCUT2D eigenvalue weighted by atomic mass is 10.1. The Kier molecular flexibility index (Phi) is 4.72. The van der Waals surface area contributed by atoms with Gasteiger partial charge in [0.1, 0.15) is 6.10 Å². The highest BCUT2D eigenvalue weighted by atomic mass is 35.5. The van der Waals surface area contributed by atoms with Crippen molar-refractivity contribution in [2.24, 2.45) is 0 Å². The minimum absolute atomic E-state index is 0.163. The highest BCUT2D eigenvalue weighted by molar-refractivity contribution is 7.48. The first-order valence-electron chi connectivity index (χ1n) is 7.50. The van der Waals surface area contributed by atoms with Crippen molar-refractivity contribution in [2.45, 2.75) is 50.4 Å². The molecule has 0 unspecified atom stereocenters. The molecule has 1 aromatic heterocycles. The Labute approximate surface area is 146 Å². The third kappa shape index (κ3) is 3.34. The molecule has 0 amide bonds. The van der Waals surface area contributed by atoms with Crippen molar-refractivity contribution in [1.82, 2.24) is 9.55 Å². The predicted octanol–water partition coefficient (Wildman–Crippen LogP) is 1.60. The maximum atomic E-state index is 15.2. The Balaban J connectivity index is 1.94. The average Bonchev–Trinajstić information content (AvgIpc) is 2.73. The molecule has 0 spiro atoms. The number of hydrogen-bond acceptors (Lipinski definition) is 7. The third-order valence-corrected chi connectivity index (χ3v) is 5.76. The molecule has 0 aromatic carbocycles. The second kappa shape index (κ2) is 6.29. The van der Waals surface area contributed by atoms with E-state index in [2.05, 4.69) is 0 Å². The molecule has 0 aliphatic carbocycles. The van der Waals surface area contributed by atoms with Gasteiger partial charge in [-0.3, -0.25) is 27.9 Å². The van der Waals surface area contributed by atoms with E-state index in [0.717, 1.165) is 10.8 Å². The molecule has 1 N–H and O–H groups in total. The van der Waals surface area contributed by atoms with E-state index in [4.69, 9.17) is 29.9 Å². The highest BCUT2D eigenvalue weighted by Crippen LogP contribution is 2.60. The van der Waals surface area contributed by atoms with E-state index < -0.39 is 48.7 Å². The Morgan fingerprint density at radius 1 is 1.52 bits per heavy atom. The molecule has 140 valence electrons. The average molecular weight is 399 g/mol. The maximum absolute atomic E-state index is 15.2. The number of ether oxygens (including phenoxy) is 1. The summed E-state index contributed by atoms with van der Waals surface area (Å²) in [5.74, 6) is 0. The quantitative estimate of drug-likeness (QED) is 0.608. The van der Waals surface area contributed by atoms with Crippen LogP contribution in [-0.2, 0) is 22.9 Å². The fraction of sp³-hybridized carbons (Fsp3) is 0.692. The van der Waals surface area contributed by atoms with Crippen LogP contribution in [-0.4, -0.2) is 39.6 Å². The fourth-order valence-electron chi connectivity index (χ4n) is 2.64. The molecule has 2 aliphatic rings. The maximum Gasteiger partial charge on any atom is 0.475 e. The Morgan fingerprint density at radius 2 is 2.20 bits per heavy atom. The molecule has 9 nitrogen and oxygen atoms in total. The number of hydrogen-bond donors (Lipinski definition) is 1. The van der Waals surface area contributed by atoms with Crippen LogP contribution in [0, 0.1) is 6.92 Å². The molecule has 5 atom stereocenters. The van der Waals surface area contributed by atoms with E-state index in [1.807, 2.05) is 4.98 Å². The van der Waals surface area contributed by atoms with Gasteiger partial charge in [0.15, 0.2) is 12.3 Å². The van der Waals surface area contributed by atoms with E-state index in [0.29, 0.717) is 0 Å². The summed E-state index contributed by atoms with van der Waals surface area (Å²) in [5, 5.41) is -2.74. The fourth-order valence-corrected chi connectivity index (χ4v) is 4.63. The van der Waals surface area contributed by atoms with Crippen LogP contribution >= 0.6 is 19.4 Å². The first-order valence-corrected chi connectivity index (χ1v) is 9.34. The number of aromatic amines is 1. The summed E-state index contributed by atoms with van der Waals surface area (Å²) in [5.41, 5.74) is -1.34. The number of nitrogens with one attached hydrogen (secondary N) is 1. The standard InChI is InChI=1S/C13H17ClFN2O7P/c1-6(2)23-25(20)21-5-8-9(24-25)13(14,15)11(22-8)17-4-7(3)10(18)16-12(17)19/h4,6,8-9,11H,5H2,1-3H3,(H,16,18,19)/t8-,9-,11-,13+,25-/m1/s1. The monoisotopic (exact) mass is 398 g/mol. The van der Waals surface area contributed by atoms with Crippen molar-refractivity contribution in [3.63, 3.8) is 0 Å². The molecule has 2 aliphatic heterocycles. The number of rotatable bonds is 3. The minimum atomic E-state index is -4.02. The number of aromatic nitrogens is 2. The number of halogens is 2. The second-order valence-corrected chi connectivity index (χ2v) is 8.26. The first kappa shape index (κ1) is 18.8. The van der Waals surface area contributed by atoms with Gasteiger partial charge in [0.2, 0.25) is 0 Å². The minimum Gasteiger partial charge on any atom is -0.344 e. The first-order chi connectivity index (χ1) is 11.5. The van der Waals surface area contributed by atoms with Gasteiger partial charge in [-0.15, -0.1) is 0 Å². The van der Waals surface area contributed by atoms with Crippen LogP contribution in [0.5, 0.6) is 0 Å². The van der Waals surface area contributed by atoms with Crippen molar-refractivity contribution in [3.8, 4) is 0 Å². The van der Waals surface area contributed by atoms with Crippen LogP contribution in [0.1, 0.15) is 25.6 Å². The van der Waals surface area contributed by atoms with E-state index in [1.54, 1.807) is 13.8 Å². The van der Waals surface area contributed by atoms with Gasteiger partial charge in [0, 0.05) is 11.8 Å². The van der Waals surface area contributed by atoms with Gasteiger partial charge in [0.05, 0.1) is 12.7 Å². The van der Waals surface area contributed by atoms with Crippen molar-refractivity contribution in [3.05, 3.63) is 32.6 Å². The molecule has 0 saturated carbocycles. The highest BCUT2D eigenvalue weighted by Gasteiger charge is 2.63. The molecular formula is C13H17ClFN2O7P. The molecule has 3 rings (SSSR count). The predicted molar refractivity (Wildman–Crippen MR) is 84.3 cm³/mol. The van der Waals surface area contributed by atoms with Crippen LogP contribution in [0.25, 0.3) is 0 Å². The van der Waals surface area contributed by atoms with Crippen molar-refractivity contribution in [2.75, 3.05) is 6.61 Å². The summed E-state index contributed by atoms with van der Waals surface area (Å²) < 4.78 is 49.2. The summed E-state index contributed by atoms with van der Waals surface area (Å²) in [7, 11) is -4.02. The molecule has 12 heteroatoms. The zero-order valence-corrected chi connectivity index (χ0v) is 15.3. The topological polar surface area (TPSA) is 109 Å². The number of H-pyrrole nitrogens is 1. The lowest BCUT2D eigenvalue weighted by Crippen LogP contribution is -2.45. The number of phosphoric ester groups is 1. The van der Waals surface area contributed by atoms with Gasteiger partial charge < -0.3 is 4.74 Å². The molecule has 2 fully saturated rings. The number of alkyl halides is 2. The number of phosphoric acid groups is 1. The van der Waals surface area contributed by atoms with E-state index >= 15 is 4.39 Å². The van der Waals surface area contributed by atoms with Gasteiger partial charge in [-0.25, -0.2) is 13.8 Å². The second-order valence-electron chi connectivity index (χ2n) is 6.10. The zero-order valence-electron chi connectivity index (χ0n) is 13.6. The Morgan fingerprint density at radius 3 is 2.84 bits per heavy atom. The van der Waals surface area contributed by atoms with Gasteiger partial charge in [-0.2, -0.15) is 0 Å².